The molecule has 0 aliphatic carbocycles. The number of benzene rings is 1. The van der Waals surface area contributed by atoms with E-state index in [1.165, 1.54) is 6.07 Å². The quantitative estimate of drug-likeness (QED) is 0.793. The minimum Gasteiger partial charge on any atom is -0.349 e. The Labute approximate surface area is 124 Å². The summed E-state index contributed by atoms with van der Waals surface area (Å²) in [6.07, 6.45) is 1.16. The van der Waals surface area contributed by atoms with E-state index in [0.717, 1.165) is 13.0 Å². The van der Waals surface area contributed by atoms with E-state index in [2.05, 4.69) is 10.6 Å². The third-order valence-electron chi connectivity index (χ3n) is 2.64. The van der Waals surface area contributed by atoms with E-state index in [-0.39, 0.29) is 18.3 Å². The number of halogens is 3. The first-order valence-corrected chi connectivity index (χ1v) is 6.32. The maximum Gasteiger partial charge on any atom is 0.220 e. The predicted octanol–water partition coefficient (Wildman–Crippen LogP) is 3.08. The molecule has 2 N–H and O–H groups in total. The molecular weight excluding hydrogens is 290 g/mol. The third-order valence-corrected chi connectivity index (χ3v) is 2.97. The van der Waals surface area contributed by atoms with Gasteiger partial charge in [-0.3, -0.25) is 4.79 Å². The molecule has 108 valence electrons. The van der Waals surface area contributed by atoms with Crippen LogP contribution in [0.5, 0.6) is 0 Å². The maximum absolute atomic E-state index is 13.6. The van der Waals surface area contributed by atoms with Crippen LogP contribution in [0.25, 0.3) is 0 Å². The number of hydrogen-bond acceptors (Lipinski definition) is 2. The van der Waals surface area contributed by atoms with Gasteiger partial charge in [-0.15, -0.1) is 12.4 Å². The van der Waals surface area contributed by atoms with Crippen molar-refractivity contribution in [2.24, 2.45) is 0 Å². The van der Waals surface area contributed by atoms with Gasteiger partial charge in [0.05, 0.1) is 6.04 Å². The smallest absolute Gasteiger partial charge is 0.220 e. The zero-order valence-electron chi connectivity index (χ0n) is 11.0. The molecular formula is C13H19Cl2FN2O. The van der Waals surface area contributed by atoms with Gasteiger partial charge >= 0.3 is 0 Å². The Morgan fingerprint density at radius 2 is 2.16 bits per heavy atom. The van der Waals surface area contributed by atoms with Crippen molar-refractivity contribution >= 4 is 29.9 Å². The van der Waals surface area contributed by atoms with Gasteiger partial charge in [0.25, 0.3) is 0 Å². The highest BCUT2D eigenvalue weighted by Crippen LogP contribution is 2.25. The minimum atomic E-state index is -0.430. The van der Waals surface area contributed by atoms with Gasteiger partial charge in [0, 0.05) is 17.0 Å². The second-order valence-corrected chi connectivity index (χ2v) is 4.54. The van der Waals surface area contributed by atoms with Gasteiger partial charge in [-0.2, -0.15) is 0 Å². The van der Waals surface area contributed by atoms with Crippen molar-refractivity contribution in [2.75, 3.05) is 13.6 Å². The summed E-state index contributed by atoms with van der Waals surface area (Å²) in [4.78, 5) is 11.6. The summed E-state index contributed by atoms with van der Waals surface area (Å²) in [5.74, 6) is -0.498. The molecule has 0 heterocycles. The molecule has 1 amide bonds. The van der Waals surface area contributed by atoms with Crippen molar-refractivity contribution in [3.8, 4) is 0 Å². The first kappa shape index (κ1) is 18.2. The van der Waals surface area contributed by atoms with Crippen molar-refractivity contribution in [3.05, 3.63) is 34.6 Å². The molecule has 1 aromatic carbocycles. The van der Waals surface area contributed by atoms with Crippen LogP contribution in [0.15, 0.2) is 18.2 Å². The summed E-state index contributed by atoms with van der Waals surface area (Å²) in [6.45, 7) is 2.50. The van der Waals surface area contributed by atoms with E-state index in [1.54, 1.807) is 19.1 Å². The van der Waals surface area contributed by atoms with Crippen molar-refractivity contribution in [1.82, 2.24) is 10.6 Å². The highest BCUT2D eigenvalue weighted by molar-refractivity contribution is 6.31. The summed E-state index contributed by atoms with van der Waals surface area (Å²) in [5, 5.41) is 6.04. The summed E-state index contributed by atoms with van der Waals surface area (Å²) in [6, 6.07) is 4.07. The minimum absolute atomic E-state index is 0. The van der Waals surface area contributed by atoms with E-state index < -0.39 is 11.9 Å². The summed E-state index contributed by atoms with van der Waals surface area (Å²) in [5.41, 5.74) is 0.334. The molecule has 19 heavy (non-hydrogen) atoms. The first-order chi connectivity index (χ1) is 8.56. The molecule has 0 saturated carbocycles. The average molecular weight is 309 g/mol. The number of nitrogens with one attached hydrogen (secondary N) is 2. The van der Waals surface area contributed by atoms with E-state index >= 15 is 0 Å². The van der Waals surface area contributed by atoms with Crippen molar-refractivity contribution in [1.29, 1.82) is 0 Å². The van der Waals surface area contributed by atoms with Crippen LogP contribution >= 0.6 is 24.0 Å². The zero-order chi connectivity index (χ0) is 13.5. The fourth-order valence-electron chi connectivity index (χ4n) is 1.74. The Morgan fingerprint density at radius 3 is 2.74 bits per heavy atom. The van der Waals surface area contributed by atoms with Gasteiger partial charge in [-0.25, -0.2) is 4.39 Å². The van der Waals surface area contributed by atoms with Gasteiger partial charge in [0.1, 0.15) is 5.82 Å². The van der Waals surface area contributed by atoms with Crippen molar-refractivity contribution < 1.29 is 9.18 Å². The number of amides is 1. The maximum atomic E-state index is 13.6. The monoisotopic (exact) mass is 308 g/mol. The van der Waals surface area contributed by atoms with Gasteiger partial charge in [0.2, 0.25) is 5.91 Å². The van der Waals surface area contributed by atoms with Crippen LogP contribution in [-0.2, 0) is 4.79 Å². The normalized spacial score (nSPS) is 11.6. The van der Waals surface area contributed by atoms with E-state index in [1.807, 2.05) is 7.05 Å². The summed E-state index contributed by atoms with van der Waals surface area (Å²) in [7, 11) is 1.83. The molecule has 0 radical (unpaired) electrons. The number of carbonyl (C=O) groups excluding carboxylic acids is 1. The highest BCUT2D eigenvalue weighted by atomic mass is 35.5. The molecule has 1 atom stereocenters. The Hall–Kier alpha value is -0.840. The van der Waals surface area contributed by atoms with Crippen LogP contribution < -0.4 is 10.6 Å². The van der Waals surface area contributed by atoms with Crippen molar-refractivity contribution in [3.63, 3.8) is 0 Å². The molecule has 0 spiro atoms. The molecule has 0 saturated heterocycles. The summed E-state index contributed by atoms with van der Waals surface area (Å²) < 4.78 is 13.6. The van der Waals surface area contributed by atoms with Crippen LogP contribution in [0.3, 0.4) is 0 Å². The third kappa shape index (κ3) is 5.76. The SMILES string of the molecule is CNCCCC(=O)NC(C)c1c(F)cccc1Cl.Cl. The van der Waals surface area contributed by atoms with Gasteiger partial charge in [0.15, 0.2) is 0 Å². The second kappa shape index (κ2) is 9.13. The lowest BCUT2D eigenvalue weighted by molar-refractivity contribution is -0.121. The van der Waals surface area contributed by atoms with Crippen LogP contribution in [0, 0.1) is 5.82 Å². The lowest BCUT2D eigenvalue weighted by atomic mass is 10.1. The molecule has 0 aliphatic heterocycles. The lowest BCUT2D eigenvalue weighted by Gasteiger charge is -2.16. The van der Waals surface area contributed by atoms with E-state index in [9.17, 15) is 9.18 Å². The molecule has 1 rings (SSSR count). The largest absolute Gasteiger partial charge is 0.349 e. The van der Waals surface area contributed by atoms with E-state index in [4.69, 9.17) is 11.6 Å². The van der Waals surface area contributed by atoms with Crippen LogP contribution in [0.2, 0.25) is 5.02 Å². The number of hydrogen-bond donors (Lipinski definition) is 2. The second-order valence-electron chi connectivity index (χ2n) is 4.13. The molecule has 6 heteroatoms. The summed E-state index contributed by atoms with van der Waals surface area (Å²) >= 11 is 5.93. The van der Waals surface area contributed by atoms with Crippen molar-refractivity contribution in [2.45, 2.75) is 25.8 Å². The number of carbonyl (C=O) groups is 1. The Balaban J connectivity index is 0.00000324. The Bertz CT molecular complexity index is 395. The topological polar surface area (TPSA) is 41.1 Å². The van der Waals surface area contributed by atoms with Crippen LogP contribution in [0.1, 0.15) is 31.4 Å². The first-order valence-electron chi connectivity index (χ1n) is 5.94. The Kier molecular flexibility index (Phi) is 8.72. The van der Waals surface area contributed by atoms with Crippen LogP contribution in [0.4, 0.5) is 4.39 Å². The average Bonchev–Trinajstić information content (AvgIpc) is 2.29. The standard InChI is InChI=1S/C13H18ClFN2O.ClH/c1-9(17-12(18)7-4-8-16-2)13-10(14)5-3-6-11(13)15;/h3,5-6,9,16H,4,7-8H2,1-2H3,(H,17,18);1H. The molecule has 0 bridgehead atoms. The molecule has 0 fully saturated rings. The predicted molar refractivity (Wildman–Crippen MR) is 78.4 cm³/mol. The van der Waals surface area contributed by atoms with E-state index in [0.29, 0.717) is 17.0 Å². The fraction of sp³-hybridized carbons (Fsp3) is 0.462. The molecule has 1 unspecified atom stereocenters. The lowest BCUT2D eigenvalue weighted by Crippen LogP contribution is -2.28. The zero-order valence-corrected chi connectivity index (χ0v) is 12.6. The highest BCUT2D eigenvalue weighted by Gasteiger charge is 2.16. The Morgan fingerprint density at radius 1 is 1.47 bits per heavy atom. The molecule has 1 aromatic rings. The van der Waals surface area contributed by atoms with Crippen LogP contribution in [-0.4, -0.2) is 19.5 Å². The molecule has 3 nitrogen and oxygen atoms in total. The molecule has 0 aliphatic rings. The number of rotatable bonds is 6. The van der Waals surface area contributed by atoms with Gasteiger partial charge < -0.3 is 10.6 Å². The fourth-order valence-corrected chi connectivity index (χ4v) is 2.06. The van der Waals surface area contributed by atoms with Gasteiger partial charge in [-0.05, 0) is 39.1 Å². The molecule has 0 aromatic heterocycles. The van der Waals surface area contributed by atoms with Gasteiger partial charge in [-0.1, -0.05) is 17.7 Å².